The highest BCUT2D eigenvalue weighted by Gasteiger charge is 2.09. The van der Waals surface area contributed by atoms with Gasteiger partial charge in [-0.25, -0.2) is 9.78 Å². The van der Waals surface area contributed by atoms with Crippen molar-refractivity contribution in [3.8, 4) is 17.2 Å². The van der Waals surface area contributed by atoms with Gasteiger partial charge in [0.2, 0.25) is 5.89 Å². The molecular weight excluding hydrogens is 282 g/mol. The molecule has 22 heavy (non-hydrogen) atoms. The second-order valence-corrected chi connectivity index (χ2v) is 5.07. The molecule has 0 saturated carbocycles. The highest BCUT2D eigenvalue weighted by molar-refractivity contribution is 5.87. The summed E-state index contributed by atoms with van der Waals surface area (Å²) in [4.78, 5) is 14.9. The summed E-state index contributed by atoms with van der Waals surface area (Å²) in [5.74, 6) is 0.950. The van der Waals surface area contributed by atoms with Crippen LogP contribution in [0, 0.1) is 13.8 Å². The van der Waals surface area contributed by atoms with Crippen LogP contribution < -0.4 is 4.74 Å². The third-order valence-electron chi connectivity index (χ3n) is 3.45. The molecule has 1 N–H and O–H groups in total. The maximum Gasteiger partial charge on any atom is 0.341 e. The van der Waals surface area contributed by atoms with Crippen LogP contribution in [0.25, 0.3) is 22.2 Å². The van der Waals surface area contributed by atoms with Crippen LogP contribution in [0.4, 0.5) is 0 Å². The molecule has 0 fully saturated rings. The lowest BCUT2D eigenvalue weighted by atomic mass is 10.1. The normalized spacial score (nSPS) is 10.8. The Hall–Kier alpha value is -2.82. The monoisotopic (exact) mass is 297 g/mol. The molecule has 0 aliphatic rings. The Morgan fingerprint density at radius 2 is 1.91 bits per heavy atom. The molecule has 0 atom stereocenters. The Labute approximate surface area is 127 Å². The minimum atomic E-state index is -0.995. The van der Waals surface area contributed by atoms with Crippen LogP contribution in [0.2, 0.25) is 0 Å². The van der Waals surface area contributed by atoms with Crippen molar-refractivity contribution in [2.45, 2.75) is 13.8 Å². The van der Waals surface area contributed by atoms with Crippen LogP contribution in [-0.4, -0.2) is 22.7 Å². The number of carbonyl (C=O) groups is 1. The third-order valence-corrected chi connectivity index (χ3v) is 3.45. The first kappa shape index (κ1) is 14.1. The predicted molar refractivity (Wildman–Crippen MR) is 82.0 cm³/mol. The Balaban J connectivity index is 1.93. The lowest BCUT2D eigenvalue weighted by Gasteiger charge is -2.05. The number of hydrogen-bond acceptors (Lipinski definition) is 4. The maximum atomic E-state index is 10.5. The van der Waals surface area contributed by atoms with E-state index in [0.29, 0.717) is 11.6 Å². The minimum absolute atomic E-state index is 0.349. The summed E-state index contributed by atoms with van der Waals surface area (Å²) in [6.07, 6.45) is 0. The summed E-state index contributed by atoms with van der Waals surface area (Å²) in [5, 5.41) is 10.6. The van der Waals surface area contributed by atoms with Crippen LogP contribution in [-0.2, 0) is 4.79 Å². The number of carboxylic acid groups (broad SMARTS) is 1. The fourth-order valence-corrected chi connectivity index (χ4v) is 2.19. The molecule has 0 radical (unpaired) electrons. The predicted octanol–water partition coefficient (Wildman–Crippen LogP) is 3.58. The van der Waals surface area contributed by atoms with Gasteiger partial charge in [0.1, 0.15) is 11.5 Å². The van der Waals surface area contributed by atoms with E-state index in [2.05, 4.69) is 4.98 Å². The standard InChI is InChI=1S/C17H15NO4/c1-10-11(2)22-17(18-10)14-4-3-13-8-15(21-9-16(19)20)6-5-12(13)7-14/h3-8H,9H2,1-2H3,(H,19,20). The SMILES string of the molecule is Cc1nc(-c2ccc3cc(OCC(=O)O)ccc3c2)oc1C. The molecular formula is C17H15NO4. The van der Waals surface area contributed by atoms with Crippen molar-refractivity contribution in [3.63, 3.8) is 0 Å². The first-order valence-corrected chi connectivity index (χ1v) is 6.86. The van der Waals surface area contributed by atoms with Crippen LogP contribution in [0.15, 0.2) is 40.8 Å². The summed E-state index contributed by atoms with van der Waals surface area (Å²) in [6.45, 7) is 3.45. The number of aromatic nitrogens is 1. The highest BCUT2D eigenvalue weighted by atomic mass is 16.5. The van der Waals surface area contributed by atoms with Crippen molar-refractivity contribution in [2.75, 3.05) is 6.61 Å². The van der Waals surface area contributed by atoms with Crippen molar-refractivity contribution in [2.24, 2.45) is 0 Å². The number of aliphatic carboxylic acids is 1. The zero-order valence-electron chi connectivity index (χ0n) is 12.3. The summed E-state index contributed by atoms with van der Waals surface area (Å²) in [6, 6.07) is 11.3. The summed E-state index contributed by atoms with van der Waals surface area (Å²) >= 11 is 0. The van der Waals surface area contributed by atoms with Gasteiger partial charge in [-0.2, -0.15) is 0 Å². The number of ether oxygens (including phenoxy) is 1. The van der Waals surface area contributed by atoms with Gasteiger partial charge in [0.05, 0.1) is 5.69 Å². The number of aryl methyl sites for hydroxylation is 2. The molecule has 1 heterocycles. The molecule has 0 aliphatic heterocycles. The van der Waals surface area contributed by atoms with Gasteiger partial charge in [0.15, 0.2) is 6.61 Å². The van der Waals surface area contributed by atoms with Gasteiger partial charge in [-0.15, -0.1) is 0 Å². The molecule has 1 aromatic heterocycles. The van der Waals surface area contributed by atoms with E-state index in [0.717, 1.165) is 27.8 Å². The van der Waals surface area contributed by atoms with Crippen LogP contribution in [0.1, 0.15) is 11.5 Å². The smallest absolute Gasteiger partial charge is 0.341 e. The number of rotatable bonds is 4. The summed E-state index contributed by atoms with van der Waals surface area (Å²) in [5.41, 5.74) is 1.79. The molecule has 0 saturated heterocycles. The van der Waals surface area contributed by atoms with Gasteiger partial charge in [0.25, 0.3) is 0 Å². The van der Waals surface area contributed by atoms with E-state index in [1.165, 1.54) is 0 Å². The summed E-state index contributed by atoms with van der Waals surface area (Å²) < 4.78 is 10.8. The van der Waals surface area contributed by atoms with E-state index < -0.39 is 5.97 Å². The van der Waals surface area contributed by atoms with Crippen molar-refractivity contribution in [1.29, 1.82) is 0 Å². The number of hydrogen-bond donors (Lipinski definition) is 1. The Morgan fingerprint density at radius 1 is 1.18 bits per heavy atom. The molecule has 0 spiro atoms. The Morgan fingerprint density at radius 3 is 2.59 bits per heavy atom. The maximum absolute atomic E-state index is 10.5. The number of carboxylic acids is 1. The number of fused-ring (bicyclic) bond motifs is 1. The molecule has 0 amide bonds. The van der Waals surface area contributed by atoms with Gasteiger partial charge in [0, 0.05) is 5.56 Å². The van der Waals surface area contributed by atoms with Crippen LogP contribution in [0.3, 0.4) is 0 Å². The molecule has 0 unspecified atom stereocenters. The van der Waals surface area contributed by atoms with Gasteiger partial charge < -0.3 is 14.3 Å². The minimum Gasteiger partial charge on any atom is -0.482 e. The molecule has 0 aliphatic carbocycles. The van der Waals surface area contributed by atoms with E-state index in [4.69, 9.17) is 14.3 Å². The molecule has 5 nitrogen and oxygen atoms in total. The van der Waals surface area contributed by atoms with Crippen molar-refractivity contribution in [1.82, 2.24) is 4.98 Å². The summed E-state index contributed by atoms with van der Waals surface area (Å²) in [7, 11) is 0. The molecule has 2 aromatic carbocycles. The fourth-order valence-electron chi connectivity index (χ4n) is 2.19. The largest absolute Gasteiger partial charge is 0.482 e. The van der Waals surface area contributed by atoms with E-state index >= 15 is 0 Å². The quantitative estimate of drug-likeness (QED) is 0.797. The van der Waals surface area contributed by atoms with Crippen molar-refractivity contribution < 1.29 is 19.1 Å². The van der Waals surface area contributed by atoms with E-state index in [-0.39, 0.29) is 6.61 Å². The second kappa shape index (κ2) is 5.52. The molecule has 112 valence electrons. The van der Waals surface area contributed by atoms with Crippen LogP contribution >= 0.6 is 0 Å². The molecule has 3 rings (SSSR count). The lowest BCUT2D eigenvalue weighted by molar-refractivity contribution is -0.139. The topological polar surface area (TPSA) is 72.6 Å². The number of benzene rings is 2. The van der Waals surface area contributed by atoms with Crippen LogP contribution in [0.5, 0.6) is 5.75 Å². The third kappa shape index (κ3) is 2.79. The van der Waals surface area contributed by atoms with E-state index in [9.17, 15) is 4.79 Å². The van der Waals surface area contributed by atoms with Gasteiger partial charge in [-0.05, 0) is 48.9 Å². The average molecular weight is 297 g/mol. The van der Waals surface area contributed by atoms with Gasteiger partial charge in [-0.3, -0.25) is 0 Å². The molecule has 3 aromatic rings. The van der Waals surface area contributed by atoms with E-state index in [1.54, 1.807) is 6.07 Å². The first-order valence-electron chi connectivity index (χ1n) is 6.86. The number of oxazole rings is 1. The Bertz CT molecular complexity index is 831. The number of nitrogens with zero attached hydrogens (tertiary/aromatic N) is 1. The Kier molecular flexibility index (Phi) is 3.55. The first-order chi connectivity index (χ1) is 10.5. The zero-order chi connectivity index (χ0) is 15.7. The highest BCUT2D eigenvalue weighted by Crippen LogP contribution is 2.27. The van der Waals surface area contributed by atoms with E-state index in [1.807, 2.05) is 44.2 Å². The fraction of sp³-hybridized carbons (Fsp3) is 0.176. The second-order valence-electron chi connectivity index (χ2n) is 5.07. The zero-order valence-corrected chi connectivity index (χ0v) is 12.3. The van der Waals surface area contributed by atoms with Gasteiger partial charge in [-0.1, -0.05) is 12.1 Å². The van der Waals surface area contributed by atoms with Crippen molar-refractivity contribution >= 4 is 16.7 Å². The average Bonchev–Trinajstić information content (AvgIpc) is 2.84. The van der Waals surface area contributed by atoms with Gasteiger partial charge >= 0.3 is 5.97 Å². The molecule has 5 heteroatoms. The molecule has 0 bridgehead atoms. The van der Waals surface area contributed by atoms with Crippen molar-refractivity contribution in [3.05, 3.63) is 47.9 Å². The lowest BCUT2D eigenvalue weighted by Crippen LogP contribution is -2.09.